The molecule has 3 N–H and O–H groups in total. The van der Waals surface area contributed by atoms with Crippen molar-refractivity contribution in [2.24, 2.45) is 0 Å². The highest BCUT2D eigenvalue weighted by molar-refractivity contribution is 6.02. The summed E-state index contributed by atoms with van der Waals surface area (Å²) in [6, 6.07) is 21.2. The minimum absolute atomic E-state index is 0.0442. The molecule has 31 heavy (non-hydrogen) atoms. The lowest BCUT2D eigenvalue weighted by Crippen LogP contribution is -2.19. The zero-order valence-corrected chi connectivity index (χ0v) is 16.2. The van der Waals surface area contributed by atoms with Gasteiger partial charge in [0.2, 0.25) is 5.91 Å². The molecule has 0 saturated heterocycles. The monoisotopic (exact) mass is 423 g/mol. The highest BCUT2D eigenvalue weighted by atomic mass is 19.3. The number of anilines is 3. The number of urea groups is 1. The Labute approximate surface area is 177 Å². The van der Waals surface area contributed by atoms with Gasteiger partial charge in [-0.15, -0.1) is 0 Å². The normalized spacial score (nSPS) is 10.7. The van der Waals surface area contributed by atoms with Crippen LogP contribution in [0, 0.1) is 0 Å². The largest absolute Gasteiger partial charge is 0.435 e. The Kier molecular flexibility index (Phi) is 7.31. The summed E-state index contributed by atoms with van der Waals surface area (Å²) in [6.07, 6.45) is 2.87. The molecule has 0 spiro atoms. The van der Waals surface area contributed by atoms with E-state index in [9.17, 15) is 18.4 Å². The Bertz CT molecular complexity index is 1040. The molecule has 0 bridgehead atoms. The quantitative estimate of drug-likeness (QED) is 0.434. The van der Waals surface area contributed by atoms with E-state index in [1.807, 2.05) is 18.2 Å². The van der Waals surface area contributed by atoms with Gasteiger partial charge >= 0.3 is 12.6 Å². The van der Waals surface area contributed by atoms with Crippen molar-refractivity contribution < 1.29 is 23.1 Å². The molecule has 0 saturated carbocycles. The lowest BCUT2D eigenvalue weighted by molar-refractivity contribution is -0.111. The maximum Gasteiger partial charge on any atom is 0.387 e. The third-order valence-corrected chi connectivity index (χ3v) is 3.97. The first-order valence-electron chi connectivity index (χ1n) is 9.25. The molecule has 0 aromatic heterocycles. The van der Waals surface area contributed by atoms with Crippen molar-refractivity contribution in [2.75, 3.05) is 16.0 Å². The van der Waals surface area contributed by atoms with Gasteiger partial charge in [-0.2, -0.15) is 8.78 Å². The SMILES string of the molecule is O=C(/C=C/c1ccc(OC(F)F)cc1)Nc1ccc(NC(=O)Nc2ccccc2)cc1. The Morgan fingerprint density at radius 2 is 1.29 bits per heavy atom. The number of alkyl halides is 2. The van der Waals surface area contributed by atoms with Crippen LogP contribution in [0.2, 0.25) is 0 Å². The van der Waals surface area contributed by atoms with E-state index in [1.54, 1.807) is 54.6 Å². The van der Waals surface area contributed by atoms with Gasteiger partial charge in [0, 0.05) is 23.1 Å². The average molecular weight is 423 g/mol. The number of rotatable bonds is 7. The summed E-state index contributed by atoms with van der Waals surface area (Å²) in [4.78, 5) is 24.1. The van der Waals surface area contributed by atoms with Crippen molar-refractivity contribution in [1.82, 2.24) is 0 Å². The number of nitrogens with one attached hydrogen (secondary N) is 3. The molecule has 0 unspecified atom stereocenters. The van der Waals surface area contributed by atoms with Crippen LogP contribution in [-0.2, 0) is 4.79 Å². The third-order valence-electron chi connectivity index (χ3n) is 3.97. The second-order valence-corrected chi connectivity index (χ2v) is 6.29. The molecule has 0 aliphatic carbocycles. The molecule has 3 rings (SSSR count). The number of ether oxygens (including phenoxy) is 1. The van der Waals surface area contributed by atoms with Gasteiger partial charge in [-0.25, -0.2) is 4.79 Å². The summed E-state index contributed by atoms with van der Waals surface area (Å²) in [7, 11) is 0. The predicted octanol–water partition coefficient (Wildman–Crippen LogP) is 5.58. The molecular formula is C23H19F2N3O3. The summed E-state index contributed by atoms with van der Waals surface area (Å²) in [5.74, 6) is -0.321. The fourth-order valence-electron chi connectivity index (χ4n) is 2.57. The maximum absolute atomic E-state index is 12.1. The predicted molar refractivity (Wildman–Crippen MR) is 116 cm³/mol. The zero-order chi connectivity index (χ0) is 22.1. The van der Waals surface area contributed by atoms with Crippen molar-refractivity contribution in [1.29, 1.82) is 0 Å². The van der Waals surface area contributed by atoms with E-state index in [0.717, 1.165) is 0 Å². The van der Waals surface area contributed by atoms with Crippen LogP contribution < -0.4 is 20.7 Å². The van der Waals surface area contributed by atoms with Gasteiger partial charge in [-0.3, -0.25) is 4.79 Å². The highest BCUT2D eigenvalue weighted by Gasteiger charge is 2.04. The first kappa shape index (κ1) is 21.5. The van der Waals surface area contributed by atoms with Crippen LogP contribution >= 0.6 is 0 Å². The van der Waals surface area contributed by atoms with Crippen molar-refractivity contribution in [3.8, 4) is 5.75 Å². The molecule has 6 nitrogen and oxygen atoms in total. The number of amides is 3. The highest BCUT2D eigenvalue weighted by Crippen LogP contribution is 2.17. The lowest BCUT2D eigenvalue weighted by Gasteiger charge is -2.08. The van der Waals surface area contributed by atoms with Crippen LogP contribution in [0.1, 0.15) is 5.56 Å². The second kappa shape index (κ2) is 10.5. The fraction of sp³-hybridized carbons (Fsp3) is 0.0435. The number of hydrogen-bond acceptors (Lipinski definition) is 3. The minimum Gasteiger partial charge on any atom is -0.435 e. The van der Waals surface area contributed by atoms with E-state index in [2.05, 4.69) is 20.7 Å². The summed E-state index contributed by atoms with van der Waals surface area (Å²) >= 11 is 0. The molecule has 0 fully saturated rings. The Hall–Kier alpha value is -4.20. The van der Waals surface area contributed by atoms with E-state index in [4.69, 9.17) is 0 Å². The number of benzene rings is 3. The van der Waals surface area contributed by atoms with Crippen LogP contribution in [0.25, 0.3) is 6.08 Å². The number of halogens is 2. The number of hydrogen-bond donors (Lipinski definition) is 3. The first-order chi connectivity index (χ1) is 15.0. The summed E-state index contributed by atoms with van der Waals surface area (Å²) in [5.41, 5.74) is 2.44. The van der Waals surface area contributed by atoms with Gasteiger partial charge in [0.25, 0.3) is 0 Å². The molecule has 8 heteroatoms. The van der Waals surface area contributed by atoms with Crippen molar-refractivity contribution in [3.63, 3.8) is 0 Å². The van der Waals surface area contributed by atoms with Crippen LogP contribution in [-0.4, -0.2) is 18.5 Å². The number of para-hydroxylation sites is 1. The second-order valence-electron chi connectivity index (χ2n) is 6.29. The van der Waals surface area contributed by atoms with E-state index >= 15 is 0 Å². The topological polar surface area (TPSA) is 79.5 Å². The van der Waals surface area contributed by atoms with E-state index in [1.165, 1.54) is 18.2 Å². The smallest absolute Gasteiger partial charge is 0.387 e. The molecule has 158 valence electrons. The Morgan fingerprint density at radius 1 is 0.742 bits per heavy atom. The van der Waals surface area contributed by atoms with Crippen LogP contribution in [0.5, 0.6) is 5.75 Å². The molecule has 3 amide bonds. The van der Waals surface area contributed by atoms with E-state index in [0.29, 0.717) is 22.6 Å². The fourth-order valence-corrected chi connectivity index (χ4v) is 2.57. The van der Waals surface area contributed by atoms with Crippen LogP contribution in [0.3, 0.4) is 0 Å². The molecule has 3 aromatic carbocycles. The van der Waals surface area contributed by atoms with Crippen LogP contribution in [0.15, 0.2) is 84.9 Å². The average Bonchev–Trinajstić information content (AvgIpc) is 2.75. The van der Waals surface area contributed by atoms with Crippen molar-refractivity contribution in [2.45, 2.75) is 6.61 Å². The van der Waals surface area contributed by atoms with Gasteiger partial charge in [0.15, 0.2) is 0 Å². The molecular weight excluding hydrogens is 404 g/mol. The zero-order valence-electron chi connectivity index (χ0n) is 16.2. The van der Waals surface area contributed by atoms with Gasteiger partial charge in [-0.05, 0) is 60.2 Å². The molecule has 0 radical (unpaired) electrons. The van der Waals surface area contributed by atoms with E-state index < -0.39 is 6.61 Å². The Morgan fingerprint density at radius 3 is 1.87 bits per heavy atom. The Balaban J connectivity index is 1.49. The third kappa shape index (κ3) is 7.28. The lowest BCUT2D eigenvalue weighted by atomic mass is 10.2. The van der Waals surface area contributed by atoms with E-state index in [-0.39, 0.29) is 17.7 Å². The van der Waals surface area contributed by atoms with Crippen molar-refractivity contribution >= 4 is 35.1 Å². The summed E-state index contributed by atoms with van der Waals surface area (Å²) in [5, 5.41) is 8.10. The first-order valence-corrected chi connectivity index (χ1v) is 9.25. The van der Waals surface area contributed by atoms with Gasteiger partial charge < -0.3 is 20.7 Å². The molecule has 0 heterocycles. The van der Waals surface area contributed by atoms with Crippen molar-refractivity contribution in [3.05, 3.63) is 90.5 Å². The molecule has 0 atom stereocenters. The van der Waals surface area contributed by atoms with Gasteiger partial charge in [0.1, 0.15) is 5.75 Å². The van der Waals surface area contributed by atoms with Gasteiger partial charge in [-0.1, -0.05) is 30.3 Å². The minimum atomic E-state index is -2.88. The number of carbonyl (C=O) groups excluding carboxylic acids is 2. The standard InChI is InChI=1S/C23H19F2N3O3/c24-22(25)31-20-13-6-16(7-14-20)8-15-21(29)26-18-9-11-19(12-10-18)28-23(30)27-17-4-2-1-3-5-17/h1-15,22H,(H,26,29)(H2,27,28,30)/b15-8+. The maximum atomic E-state index is 12.1. The summed E-state index contributed by atoms with van der Waals surface area (Å²) in [6.45, 7) is -2.88. The number of carbonyl (C=O) groups is 2. The molecule has 0 aliphatic rings. The van der Waals surface area contributed by atoms with Gasteiger partial charge in [0.05, 0.1) is 0 Å². The summed E-state index contributed by atoms with van der Waals surface area (Å²) < 4.78 is 28.6. The van der Waals surface area contributed by atoms with Crippen LogP contribution in [0.4, 0.5) is 30.6 Å². The molecule has 0 aliphatic heterocycles. The molecule has 3 aromatic rings.